The number of fused-ring (bicyclic) bond motifs is 1. The van der Waals surface area contributed by atoms with Gasteiger partial charge in [-0.1, -0.05) is 24.3 Å². The minimum absolute atomic E-state index is 0.168. The van der Waals surface area contributed by atoms with Gasteiger partial charge < -0.3 is 5.32 Å². The van der Waals surface area contributed by atoms with Crippen LogP contribution in [0.25, 0.3) is 0 Å². The molecule has 116 valence electrons. The molecule has 0 spiro atoms. The molecule has 1 amide bonds. The highest BCUT2D eigenvalue weighted by Gasteiger charge is 2.38. The van der Waals surface area contributed by atoms with Crippen molar-refractivity contribution in [3.8, 4) is 0 Å². The van der Waals surface area contributed by atoms with Crippen LogP contribution in [0.15, 0.2) is 30.5 Å². The highest BCUT2D eigenvalue weighted by molar-refractivity contribution is 5.95. The van der Waals surface area contributed by atoms with Crippen LogP contribution in [0.3, 0.4) is 0 Å². The van der Waals surface area contributed by atoms with E-state index in [1.165, 1.54) is 5.56 Å². The number of amides is 1. The number of H-pyrrole nitrogens is 1. The van der Waals surface area contributed by atoms with E-state index in [1.807, 2.05) is 29.4 Å². The van der Waals surface area contributed by atoms with Crippen molar-refractivity contribution >= 4 is 5.91 Å². The first kappa shape index (κ1) is 14.6. The van der Waals surface area contributed by atoms with Crippen LogP contribution in [-0.4, -0.2) is 22.1 Å². The first-order chi connectivity index (χ1) is 10.4. The van der Waals surface area contributed by atoms with E-state index < -0.39 is 23.3 Å². The molecule has 0 saturated carbocycles. The van der Waals surface area contributed by atoms with Gasteiger partial charge in [0.05, 0.1) is 11.8 Å². The maximum atomic E-state index is 12.8. The number of alkyl halides is 3. The molecule has 22 heavy (non-hydrogen) atoms. The smallest absolute Gasteiger partial charge is 0.349 e. The Labute approximate surface area is 124 Å². The molecular formula is C15H14F3N3O. The van der Waals surface area contributed by atoms with Crippen LogP contribution < -0.4 is 5.32 Å². The summed E-state index contributed by atoms with van der Waals surface area (Å²) < 4.78 is 38.3. The minimum Gasteiger partial charge on any atom is -0.349 e. The summed E-state index contributed by atoms with van der Waals surface area (Å²) in [6.45, 7) is 0. The Morgan fingerprint density at radius 2 is 2.00 bits per heavy atom. The Morgan fingerprint density at radius 3 is 2.73 bits per heavy atom. The van der Waals surface area contributed by atoms with Gasteiger partial charge in [0.15, 0.2) is 5.69 Å². The summed E-state index contributed by atoms with van der Waals surface area (Å²) >= 11 is 0. The summed E-state index contributed by atoms with van der Waals surface area (Å²) in [5.74, 6) is -0.745. The molecule has 2 N–H and O–H groups in total. The van der Waals surface area contributed by atoms with Gasteiger partial charge in [0.25, 0.3) is 5.91 Å². The quantitative estimate of drug-likeness (QED) is 0.896. The number of aromatic amines is 1. The maximum Gasteiger partial charge on any atom is 0.433 e. The number of hydrogen-bond acceptors (Lipinski definition) is 2. The number of carbonyl (C=O) groups is 1. The van der Waals surface area contributed by atoms with Gasteiger partial charge in [-0.25, -0.2) is 0 Å². The molecule has 1 aromatic carbocycles. The number of hydrogen-bond donors (Lipinski definition) is 2. The summed E-state index contributed by atoms with van der Waals surface area (Å²) in [6.07, 6.45) is -1.57. The van der Waals surface area contributed by atoms with E-state index in [2.05, 4.69) is 10.4 Å². The van der Waals surface area contributed by atoms with Gasteiger partial charge >= 0.3 is 6.18 Å². The predicted molar refractivity (Wildman–Crippen MR) is 73.3 cm³/mol. The highest BCUT2D eigenvalue weighted by Crippen LogP contribution is 2.30. The van der Waals surface area contributed by atoms with Gasteiger partial charge in [0.1, 0.15) is 0 Å². The third-order valence-corrected chi connectivity index (χ3v) is 3.85. The Morgan fingerprint density at radius 1 is 1.27 bits per heavy atom. The van der Waals surface area contributed by atoms with Crippen molar-refractivity contribution in [3.63, 3.8) is 0 Å². The molecule has 1 atom stereocenters. The summed E-state index contributed by atoms with van der Waals surface area (Å²) in [5.41, 5.74) is 0.780. The average molecular weight is 309 g/mol. The largest absolute Gasteiger partial charge is 0.433 e. The number of nitrogens with one attached hydrogen (secondary N) is 2. The van der Waals surface area contributed by atoms with E-state index in [9.17, 15) is 18.0 Å². The van der Waals surface area contributed by atoms with Crippen molar-refractivity contribution in [1.29, 1.82) is 0 Å². The number of rotatable bonds is 2. The van der Waals surface area contributed by atoms with Crippen LogP contribution in [0.1, 0.15) is 33.6 Å². The lowest BCUT2D eigenvalue weighted by molar-refractivity contribution is -0.141. The van der Waals surface area contributed by atoms with Crippen molar-refractivity contribution < 1.29 is 18.0 Å². The van der Waals surface area contributed by atoms with E-state index >= 15 is 0 Å². The second kappa shape index (κ2) is 5.47. The van der Waals surface area contributed by atoms with E-state index in [0.29, 0.717) is 12.8 Å². The summed E-state index contributed by atoms with van der Waals surface area (Å²) in [5, 5.41) is 7.85. The van der Waals surface area contributed by atoms with Gasteiger partial charge in [0.2, 0.25) is 0 Å². The Balaban J connectivity index is 1.73. The van der Waals surface area contributed by atoms with Gasteiger partial charge in [-0.3, -0.25) is 9.89 Å². The molecule has 1 aliphatic rings. The van der Waals surface area contributed by atoms with Crippen molar-refractivity contribution in [3.05, 3.63) is 52.8 Å². The van der Waals surface area contributed by atoms with Gasteiger partial charge in [0, 0.05) is 6.04 Å². The zero-order valence-corrected chi connectivity index (χ0v) is 11.6. The zero-order chi connectivity index (χ0) is 15.7. The van der Waals surface area contributed by atoms with E-state index in [4.69, 9.17) is 0 Å². The maximum absolute atomic E-state index is 12.8. The molecule has 0 unspecified atom stereocenters. The first-order valence-electron chi connectivity index (χ1n) is 6.93. The molecule has 7 heteroatoms. The molecule has 0 saturated heterocycles. The number of aryl methyl sites for hydroxylation is 1. The third-order valence-electron chi connectivity index (χ3n) is 3.85. The van der Waals surface area contributed by atoms with Crippen molar-refractivity contribution in [2.75, 3.05) is 0 Å². The second-order valence-corrected chi connectivity index (χ2v) is 5.34. The van der Waals surface area contributed by atoms with Crippen LogP contribution in [0.5, 0.6) is 0 Å². The molecule has 0 bridgehead atoms. The van der Waals surface area contributed by atoms with Gasteiger partial charge in [-0.15, -0.1) is 0 Å². The predicted octanol–water partition coefficient (Wildman–Crippen LogP) is 2.72. The first-order valence-corrected chi connectivity index (χ1v) is 6.93. The molecule has 1 heterocycles. The molecule has 3 rings (SSSR count). The summed E-state index contributed by atoms with van der Waals surface area (Å²) in [4.78, 5) is 12.1. The Hall–Kier alpha value is -2.31. The fraction of sp³-hybridized carbons (Fsp3) is 0.333. The highest BCUT2D eigenvalue weighted by atomic mass is 19.4. The lowest BCUT2D eigenvalue weighted by Gasteiger charge is -2.25. The lowest BCUT2D eigenvalue weighted by atomic mass is 9.88. The lowest BCUT2D eigenvalue weighted by Crippen LogP contribution is -2.39. The summed E-state index contributed by atoms with van der Waals surface area (Å²) in [6, 6.07) is 7.72. The number of nitrogens with zero attached hydrogens (tertiary/aromatic N) is 1. The number of halogens is 3. The molecule has 0 aliphatic heterocycles. The van der Waals surface area contributed by atoms with E-state index in [1.54, 1.807) is 0 Å². The molecule has 2 aromatic rings. The third kappa shape index (κ3) is 2.84. The minimum atomic E-state index is -4.62. The number of benzene rings is 1. The standard InChI is InChI=1S/C15H14F3N3O/c16-15(17,18)13-12(8-19-21-13)14(22)20-11-6-5-9-3-1-2-4-10(9)7-11/h1-4,8,11H,5-7H2,(H,19,21)(H,20,22)/t11-/m0/s1. The van der Waals surface area contributed by atoms with E-state index in [0.717, 1.165) is 18.2 Å². The van der Waals surface area contributed by atoms with Crippen molar-refractivity contribution in [2.24, 2.45) is 0 Å². The summed E-state index contributed by atoms with van der Waals surface area (Å²) in [7, 11) is 0. The monoisotopic (exact) mass is 309 g/mol. The van der Waals surface area contributed by atoms with E-state index in [-0.39, 0.29) is 6.04 Å². The topological polar surface area (TPSA) is 57.8 Å². The van der Waals surface area contributed by atoms with Crippen molar-refractivity contribution in [2.45, 2.75) is 31.5 Å². The fourth-order valence-electron chi connectivity index (χ4n) is 2.76. The average Bonchev–Trinajstić information content (AvgIpc) is 2.97. The molecule has 0 radical (unpaired) electrons. The van der Waals surface area contributed by atoms with Gasteiger partial charge in [-0.2, -0.15) is 18.3 Å². The van der Waals surface area contributed by atoms with Crippen LogP contribution in [0, 0.1) is 0 Å². The zero-order valence-electron chi connectivity index (χ0n) is 11.6. The normalized spacial score (nSPS) is 17.9. The molecular weight excluding hydrogens is 295 g/mol. The van der Waals surface area contributed by atoms with Crippen LogP contribution in [-0.2, 0) is 19.0 Å². The van der Waals surface area contributed by atoms with Crippen LogP contribution in [0.4, 0.5) is 13.2 Å². The molecule has 1 aliphatic carbocycles. The molecule has 4 nitrogen and oxygen atoms in total. The van der Waals surface area contributed by atoms with Crippen molar-refractivity contribution in [1.82, 2.24) is 15.5 Å². The SMILES string of the molecule is O=C(N[C@H]1CCc2ccccc2C1)c1cn[nH]c1C(F)(F)F. The number of aromatic nitrogens is 2. The molecule has 1 aromatic heterocycles. The van der Waals surface area contributed by atoms with Crippen LogP contribution >= 0.6 is 0 Å². The Kier molecular flexibility index (Phi) is 3.64. The second-order valence-electron chi connectivity index (χ2n) is 5.34. The fourth-order valence-corrected chi connectivity index (χ4v) is 2.76. The number of carbonyl (C=O) groups excluding carboxylic acids is 1. The Bertz CT molecular complexity index is 693. The molecule has 0 fully saturated rings. The van der Waals surface area contributed by atoms with Crippen LogP contribution in [0.2, 0.25) is 0 Å². The van der Waals surface area contributed by atoms with Gasteiger partial charge in [-0.05, 0) is 30.4 Å².